The Bertz CT molecular complexity index is 517. The first-order valence-corrected chi connectivity index (χ1v) is 8.69. The number of nitrogens with one attached hydrogen (secondary N) is 1. The first-order valence-electron chi connectivity index (χ1n) is 7.81. The summed E-state index contributed by atoms with van der Waals surface area (Å²) >= 11 is 1.80. The molecule has 1 aromatic carbocycles. The standard InChI is InChI=1S/C18H23NOS/c1-2-18(21-13-1)10-12-20-14-16-5-3-15(4-6-16)9-11-19-17-7-8-17/h1-6,13,17,19H,7-12,14H2. The summed E-state index contributed by atoms with van der Waals surface area (Å²) in [6.45, 7) is 2.61. The van der Waals surface area contributed by atoms with Crippen LogP contribution in [0, 0.1) is 0 Å². The molecule has 0 saturated heterocycles. The van der Waals surface area contributed by atoms with Crippen LogP contribution in [0.2, 0.25) is 0 Å². The van der Waals surface area contributed by atoms with Crippen molar-refractivity contribution < 1.29 is 4.74 Å². The molecule has 1 saturated carbocycles. The van der Waals surface area contributed by atoms with Crippen LogP contribution in [0.3, 0.4) is 0 Å². The highest BCUT2D eigenvalue weighted by Gasteiger charge is 2.19. The van der Waals surface area contributed by atoms with Gasteiger partial charge in [0.25, 0.3) is 0 Å². The van der Waals surface area contributed by atoms with Crippen LogP contribution in [-0.4, -0.2) is 19.2 Å². The van der Waals surface area contributed by atoms with Crippen LogP contribution in [0.15, 0.2) is 41.8 Å². The maximum absolute atomic E-state index is 5.75. The lowest BCUT2D eigenvalue weighted by Gasteiger charge is -2.06. The molecule has 0 atom stereocenters. The number of hydrogen-bond donors (Lipinski definition) is 1. The molecule has 1 N–H and O–H groups in total. The van der Waals surface area contributed by atoms with E-state index in [4.69, 9.17) is 4.74 Å². The lowest BCUT2D eigenvalue weighted by Crippen LogP contribution is -2.19. The molecule has 1 aromatic heterocycles. The molecule has 1 aliphatic rings. The normalized spacial score (nSPS) is 14.5. The second kappa shape index (κ2) is 7.74. The van der Waals surface area contributed by atoms with Crippen molar-refractivity contribution in [3.63, 3.8) is 0 Å². The van der Waals surface area contributed by atoms with Crippen LogP contribution in [0.5, 0.6) is 0 Å². The van der Waals surface area contributed by atoms with Gasteiger partial charge in [0.1, 0.15) is 0 Å². The molecule has 112 valence electrons. The summed E-state index contributed by atoms with van der Waals surface area (Å²) in [7, 11) is 0. The first kappa shape index (κ1) is 14.8. The van der Waals surface area contributed by atoms with E-state index >= 15 is 0 Å². The van der Waals surface area contributed by atoms with E-state index in [1.165, 1.54) is 28.8 Å². The smallest absolute Gasteiger partial charge is 0.0717 e. The number of benzene rings is 1. The molecule has 2 nitrogen and oxygen atoms in total. The summed E-state index contributed by atoms with van der Waals surface area (Å²) in [5, 5.41) is 5.67. The van der Waals surface area contributed by atoms with Crippen LogP contribution in [0.4, 0.5) is 0 Å². The highest BCUT2D eigenvalue weighted by molar-refractivity contribution is 7.09. The molecule has 0 amide bonds. The molecule has 21 heavy (non-hydrogen) atoms. The molecular weight excluding hydrogens is 278 g/mol. The van der Waals surface area contributed by atoms with Crippen molar-refractivity contribution in [2.24, 2.45) is 0 Å². The van der Waals surface area contributed by atoms with E-state index in [0.717, 1.165) is 32.0 Å². The zero-order chi connectivity index (χ0) is 14.3. The van der Waals surface area contributed by atoms with Crippen molar-refractivity contribution in [3.8, 4) is 0 Å². The average molecular weight is 301 g/mol. The minimum Gasteiger partial charge on any atom is -0.376 e. The van der Waals surface area contributed by atoms with Crippen molar-refractivity contribution in [1.82, 2.24) is 5.32 Å². The van der Waals surface area contributed by atoms with Crippen molar-refractivity contribution in [3.05, 3.63) is 57.8 Å². The van der Waals surface area contributed by atoms with Crippen LogP contribution in [-0.2, 0) is 24.2 Å². The summed E-state index contributed by atoms with van der Waals surface area (Å²) in [5.74, 6) is 0. The third-order valence-corrected chi connectivity index (χ3v) is 4.72. The van der Waals surface area contributed by atoms with Gasteiger partial charge in [0.2, 0.25) is 0 Å². The van der Waals surface area contributed by atoms with Gasteiger partial charge in [-0.1, -0.05) is 30.3 Å². The van der Waals surface area contributed by atoms with E-state index in [2.05, 4.69) is 47.1 Å². The van der Waals surface area contributed by atoms with Crippen molar-refractivity contribution >= 4 is 11.3 Å². The molecule has 3 heteroatoms. The van der Waals surface area contributed by atoms with Gasteiger partial charge in [0.15, 0.2) is 0 Å². The largest absolute Gasteiger partial charge is 0.376 e. The minimum atomic E-state index is 0.714. The number of thiophene rings is 1. The van der Waals surface area contributed by atoms with Gasteiger partial charge in [-0.15, -0.1) is 11.3 Å². The highest BCUT2D eigenvalue weighted by Crippen LogP contribution is 2.18. The van der Waals surface area contributed by atoms with Gasteiger partial charge in [-0.25, -0.2) is 0 Å². The third kappa shape index (κ3) is 5.27. The zero-order valence-electron chi connectivity index (χ0n) is 12.4. The lowest BCUT2D eigenvalue weighted by molar-refractivity contribution is 0.124. The number of rotatable bonds is 9. The average Bonchev–Trinajstić information content (AvgIpc) is 3.19. The Morgan fingerprint density at radius 2 is 1.86 bits per heavy atom. The molecule has 0 unspecified atom stereocenters. The van der Waals surface area contributed by atoms with Crippen molar-refractivity contribution in [1.29, 1.82) is 0 Å². The maximum Gasteiger partial charge on any atom is 0.0717 e. The monoisotopic (exact) mass is 301 g/mol. The Balaban J connectivity index is 1.33. The SMILES string of the molecule is c1csc(CCOCc2ccc(CCNC3CC3)cc2)c1. The molecule has 0 spiro atoms. The fourth-order valence-electron chi connectivity index (χ4n) is 2.33. The molecule has 0 radical (unpaired) electrons. The molecule has 0 bridgehead atoms. The number of hydrogen-bond acceptors (Lipinski definition) is 3. The van der Waals surface area contributed by atoms with Gasteiger partial charge in [0.05, 0.1) is 13.2 Å². The van der Waals surface area contributed by atoms with Crippen LogP contribution in [0.25, 0.3) is 0 Å². The van der Waals surface area contributed by atoms with Gasteiger partial charge in [-0.2, -0.15) is 0 Å². The quantitative estimate of drug-likeness (QED) is 0.711. The predicted molar refractivity (Wildman–Crippen MR) is 88.8 cm³/mol. The summed E-state index contributed by atoms with van der Waals surface area (Å²) in [4.78, 5) is 1.40. The van der Waals surface area contributed by atoms with Gasteiger partial charge >= 0.3 is 0 Å². The van der Waals surface area contributed by atoms with E-state index < -0.39 is 0 Å². The summed E-state index contributed by atoms with van der Waals surface area (Å²) in [6.07, 6.45) is 4.86. The predicted octanol–water partition coefficient (Wildman–Crippen LogP) is 3.80. The van der Waals surface area contributed by atoms with Crippen molar-refractivity contribution in [2.75, 3.05) is 13.2 Å². The van der Waals surface area contributed by atoms with Crippen molar-refractivity contribution in [2.45, 2.75) is 38.3 Å². The number of ether oxygens (including phenoxy) is 1. The van der Waals surface area contributed by atoms with Gasteiger partial charge in [-0.05, 0) is 48.4 Å². The van der Waals surface area contributed by atoms with Crippen LogP contribution in [0.1, 0.15) is 28.8 Å². The van der Waals surface area contributed by atoms with E-state index in [1.807, 2.05) is 0 Å². The Labute approximate surface area is 131 Å². The Hall–Kier alpha value is -1.16. The Morgan fingerprint density at radius 1 is 1.05 bits per heavy atom. The second-order valence-electron chi connectivity index (χ2n) is 5.68. The fourth-order valence-corrected chi connectivity index (χ4v) is 3.02. The summed E-state index contributed by atoms with van der Waals surface area (Å²) < 4.78 is 5.75. The van der Waals surface area contributed by atoms with Crippen LogP contribution < -0.4 is 5.32 Å². The molecule has 1 heterocycles. The topological polar surface area (TPSA) is 21.3 Å². The van der Waals surface area contributed by atoms with Gasteiger partial charge < -0.3 is 10.1 Å². The molecule has 0 aliphatic heterocycles. The zero-order valence-corrected chi connectivity index (χ0v) is 13.2. The first-order chi connectivity index (χ1) is 10.4. The second-order valence-corrected chi connectivity index (χ2v) is 6.71. The van der Waals surface area contributed by atoms with E-state index in [0.29, 0.717) is 6.61 Å². The van der Waals surface area contributed by atoms with E-state index in [9.17, 15) is 0 Å². The van der Waals surface area contributed by atoms with Crippen LogP contribution >= 0.6 is 11.3 Å². The Morgan fingerprint density at radius 3 is 2.57 bits per heavy atom. The Kier molecular flexibility index (Phi) is 5.44. The fraction of sp³-hybridized carbons (Fsp3) is 0.444. The third-order valence-electron chi connectivity index (χ3n) is 3.79. The van der Waals surface area contributed by atoms with E-state index in [1.54, 1.807) is 11.3 Å². The molecule has 1 fully saturated rings. The lowest BCUT2D eigenvalue weighted by atomic mass is 10.1. The molecular formula is C18H23NOS. The van der Waals surface area contributed by atoms with Gasteiger partial charge in [0, 0.05) is 17.3 Å². The van der Waals surface area contributed by atoms with E-state index in [-0.39, 0.29) is 0 Å². The highest BCUT2D eigenvalue weighted by atomic mass is 32.1. The summed E-state index contributed by atoms with van der Waals surface area (Å²) in [5.41, 5.74) is 2.67. The molecule has 3 rings (SSSR count). The maximum atomic E-state index is 5.75. The summed E-state index contributed by atoms with van der Waals surface area (Å²) in [6, 6.07) is 13.9. The minimum absolute atomic E-state index is 0.714. The molecule has 1 aliphatic carbocycles. The molecule has 2 aromatic rings. The van der Waals surface area contributed by atoms with Gasteiger partial charge in [-0.3, -0.25) is 0 Å².